The van der Waals surface area contributed by atoms with E-state index in [1.165, 1.54) is 36.8 Å². The number of halogens is 2. The second-order valence-corrected chi connectivity index (χ2v) is 21.1. The van der Waals surface area contributed by atoms with E-state index in [4.69, 9.17) is 17.2 Å². The van der Waals surface area contributed by atoms with Crippen molar-refractivity contribution in [3.05, 3.63) is 67.1 Å². The molecule has 0 saturated heterocycles. The molecule has 0 aromatic carbocycles. The number of hydrogen-bond donors (Lipinski definition) is 0. The Balaban J connectivity index is 2.30. The standard InChI is InChI=1S/C21H25Si.2ClH.Hf/c1-6-16-9-7-11-18(16)20-14(2)13-17-10-8-12-19(22(4)5)15(3)21(17)20;;;/h7-10,12,15H,6,11H2,1-5H3;2*1H;/q;;;+2/p-2. The van der Waals surface area contributed by atoms with Crippen molar-refractivity contribution < 1.29 is 19.1 Å². The van der Waals surface area contributed by atoms with Crippen LogP contribution in [0.2, 0.25) is 13.1 Å². The summed E-state index contributed by atoms with van der Waals surface area (Å²) in [4.78, 5) is 0. The van der Waals surface area contributed by atoms with Gasteiger partial charge in [-0.05, 0) is 0 Å². The van der Waals surface area contributed by atoms with Gasteiger partial charge < -0.3 is 0 Å². The molecule has 0 aliphatic heterocycles. The summed E-state index contributed by atoms with van der Waals surface area (Å²) >= 11 is -2.71. The summed E-state index contributed by atoms with van der Waals surface area (Å²) in [6.45, 7) is 11.7. The van der Waals surface area contributed by atoms with Gasteiger partial charge in [0.15, 0.2) is 0 Å². The third-order valence-corrected chi connectivity index (χ3v) is 14.0. The van der Waals surface area contributed by atoms with Crippen molar-refractivity contribution in [3.8, 4) is 0 Å². The van der Waals surface area contributed by atoms with E-state index >= 15 is 0 Å². The van der Waals surface area contributed by atoms with Crippen LogP contribution in [0.5, 0.6) is 0 Å². The molecule has 25 heavy (non-hydrogen) atoms. The number of rotatable bonds is 3. The first-order valence-electron chi connectivity index (χ1n) is 8.97. The molecule has 3 rings (SSSR count). The summed E-state index contributed by atoms with van der Waals surface area (Å²) in [7, 11) is 12.8. The van der Waals surface area contributed by atoms with Gasteiger partial charge in [0, 0.05) is 0 Å². The first-order chi connectivity index (χ1) is 11.9. The molecule has 0 bridgehead atoms. The van der Waals surface area contributed by atoms with E-state index in [-0.39, 0.29) is 0 Å². The molecule has 0 saturated carbocycles. The zero-order chi connectivity index (χ0) is 18.3. The molecule has 0 N–H and O–H groups in total. The Bertz CT molecular complexity index is 828. The van der Waals surface area contributed by atoms with E-state index in [0.717, 1.165) is 12.8 Å². The normalized spacial score (nSPS) is 22.8. The summed E-state index contributed by atoms with van der Waals surface area (Å²) in [6, 6.07) is 0. The quantitative estimate of drug-likeness (QED) is 0.337. The van der Waals surface area contributed by atoms with Gasteiger partial charge in [-0.1, -0.05) is 0 Å². The molecule has 0 aromatic rings. The summed E-state index contributed by atoms with van der Waals surface area (Å²) in [6.07, 6.45) is 13.6. The van der Waals surface area contributed by atoms with Gasteiger partial charge in [-0.15, -0.1) is 0 Å². The van der Waals surface area contributed by atoms with Gasteiger partial charge in [0.2, 0.25) is 0 Å². The average molecular weight is 555 g/mol. The van der Waals surface area contributed by atoms with Crippen molar-refractivity contribution in [2.75, 3.05) is 0 Å². The van der Waals surface area contributed by atoms with E-state index in [2.05, 4.69) is 64.2 Å². The second kappa shape index (κ2) is 7.92. The molecule has 0 nitrogen and oxygen atoms in total. The molecule has 1 unspecified atom stereocenters. The third-order valence-electron chi connectivity index (χ3n) is 5.49. The Hall–Kier alpha value is -0.0230. The minimum absolute atomic E-state index is 0.446. The van der Waals surface area contributed by atoms with Crippen LogP contribution in [0.4, 0.5) is 0 Å². The van der Waals surface area contributed by atoms with Crippen LogP contribution in [-0.2, 0) is 19.1 Å². The molecule has 3 aliphatic carbocycles. The third kappa shape index (κ3) is 3.45. The van der Waals surface area contributed by atoms with Crippen molar-refractivity contribution in [1.82, 2.24) is 0 Å². The minimum atomic E-state index is -2.71. The maximum atomic E-state index is 6.64. The Morgan fingerprint density at radius 2 is 1.96 bits per heavy atom. The topological polar surface area (TPSA) is 0 Å². The Kier molecular flexibility index (Phi) is 6.25. The van der Waals surface area contributed by atoms with Crippen molar-refractivity contribution in [1.29, 1.82) is 0 Å². The number of fused-ring (bicyclic) bond motifs is 1. The van der Waals surface area contributed by atoms with Gasteiger partial charge in [-0.3, -0.25) is 0 Å². The fraction of sp³-hybridized carbons (Fsp3) is 0.381. The maximum absolute atomic E-state index is 6.64. The SMILES string of the molecule is CCC1=C(C2=C3C(=CC=CC(=[Si](C)C)C3C)[C]([Hf]([Cl])[Cl])=C2C)CC=C1. The van der Waals surface area contributed by atoms with Gasteiger partial charge >= 0.3 is 170 Å². The fourth-order valence-electron chi connectivity index (χ4n) is 4.35. The molecular formula is C21H25Cl2HfSi. The van der Waals surface area contributed by atoms with Gasteiger partial charge in [0.25, 0.3) is 0 Å². The van der Waals surface area contributed by atoms with Gasteiger partial charge in [0.05, 0.1) is 0 Å². The molecule has 0 amide bonds. The van der Waals surface area contributed by atoms with Crippen molar-refractivity contribution in [2.24, 2.45) is 5.92 Å². The Labute approximate surface area is 168 Å². The van der Waals surface area contributed by atoms with Crippen molar-refractivity contribution in [3.63, 3.8) is 0 Å². The first-order valence-corrected chi connectivity index (χ1v) is 22.2. The molecule has 1 atom stereocenters. The molecule has 0 fully saturated rings. The van der Waals surface area contributed by atoms with Crippen LogP contribution in [0.15, 0.2) is 67.1 Å². The van der Waals surface area contributed by atoms with Gasteiger partial charge in [0.1, 0.15) is 0 Å². The molecule has 0 heterocycles. The summed E-state index contributed by atoms with van der Waals surface area (Å²) < 4.78 is 1.31. The van der Waals surface area contributed by atoms with Crippen LogP contribution in [-0.4, -0.2) is 13.6 Å². The number of hydrogen-bond acceptors (Lipinski definition) is 0. The van der Waals surface area contributed by atoms with Crippen LogP contribution in [0.3, 0.4) is 0 Å². The van der Waals surface area contributed by atoms with Crippen molar-refractivity contribution in [2.45, 2.75) is 46.7 Å². The van der Waals surface area contributed by atoms with E-state index in [1.54, 1.807) is 5.17 Å². The van der Waals surface area contributed by atoms with E-state index in [9.17, 15) is 0 Å². The van der Waals surface area contributed by atoms with Crippen LogP contribution >= 0.6 is 17.2 Å². The van der Waals surface area contributed by atoms with Crippen LogP contribution in [0, 0.1) is 5.92 Å². The second-order valence-electron chi connectivity index (χ2n) is 7.13. The summed E-state index contributed by atoms with van der Waals surface area (Å²) in [5.74, 6) is 0.446. The zero-order valence-electron chi connectivity index (χ0n) is 15.6. The van der Waals surface area contributed by atoms with Crippen LogP contribution in [0.25, 0.3) is 0 Å². The summed E-state index contributed by atoms with van der Waals surface area (Å²) in [5, 5.41) is 1.60. The molecule has 0 radical (unpaired) electrons. The molecule has 131 valence electrons. The van der Waals surface area contributed by atoms with E-state index in [0.29, 0.717) is 5.92 Å². The Morgan fingerprint density at radius 3 is 2.56 bits per heavy atom. The molecule has 3 aliphatic rings. The van der Waals surface area contributed by atoms with Crippen molar-refractivity contribution >= 4 is 30.7 Å². The zero-order valence-corrected chi connectivity index (χ0v) is 21.7. The molecular weight excluding hydrogens is 530 g/mol. The molecule has 0 aromatic heterocycles. The fourth-order valence-corrected chi connectivity index (χ4v) is 12.8. The van der Waals surface area contributed by atoms with Crippen LogP contribution in [0.1, 0.15) is 33.6 Å². The number of allylic oxidation sites excluding steroid dienone is 12. The first kappa shape index (κ1) is 19.7. The molecule has 4 heteroatoms. The Morgan fingerprint density at radius 1 is 1.24 bits per heavy atom. The summed E-state index contributed by atoms with van der Waals surface area (Å²) in [5.41, 5.74) is 8.64. The molecule has 0 spiro atoms. The van der Waals surface area contributed by atoms with Gasteiger partial charge in [-0.25, -0.2) is 0 Å². The van der Waals surface area contributed by atoms with E-state index < -0.39 is 27.5 Å². The van der Waals surface area contributed by atoms with E-state index in [1.807, 2.05) is 0 Å². The predicted molar refractivity (Wildman–Crippen MR) is 111 cm³/mol. The van der Waals surface area contributed by atoms with Crippen LogP contribution < -0.4 is 0 Å². The predicted octanol–water partition coefficient (Wildman–Crippen LogP) is 6.80. The van der Waals surface area contributed by atoms with Gasteiger partial charge in [-0.2, -0.15) is 0 Å². The monoisotopic (exact) mass is 555 g/mol. The average Bonchev–Trinajstić information content (AvgIpc) is 3.07.